The van der Waals surface area contributed by atoms with Crippen LogP contribution in [0, 0.1) is 0 Å². The molecule has 1 heterocycles. The summed E-state index contributed by atoms with van der Waals surface area (Å²) in [7, 11) is 3.38. The Labute approximate surface area is 125 Å². The van der Waals surface area contributed by atoms with E-state index in [1.165, 1.54) is 28.8 Å². The number of methoxy groups -OCH3 is 2. The summed E-state index contributed by atoms with van der Waals surface area (Å²) >= 11 is 0. The van der Waals surface area contributed by atoms with Gasteiger partial charge in [0, 0.05) is 24.7 Å². The molecule has 2 aromatic rings. The first kappa shape index (κ1) is 13.8. The van der Waals surface area contributed by atoms with Crippen molar-refractivity contribution >= 4 is 5.69 Å². The third-order valence-electron chi connectivity index (χ3n) is 4.04. The topological polar surface area (TPSA) is 30.5 Å². The number of fused-ring (bicyclic) bond motifs is 1. The standard InChI is InChI=1S/C18H21NO2/c1-20-16-9-8-14(17(12-16)21-2)11-15-6-3-5-13-7-4-10-19-18(13)15/h3,5-6,8-9,12,19H,4,7,10-11H2,1-2H3. The van der Waals surface area contributed by atoms with Crippen LogP contribution in [0.15, 0.2) is 36.4 Å². The molecule has 0 unspecified atom stereocenters. The van der Waals surface area contributed by atoms with E-state index in [2.05, 4.69) is 29.6 Å². The lowest BCUT2D eigenvalue weighted by Crippen LogP contribution is -2.13. The van der Waals surface area contributed by atoms with Crippen molar-refractivity contribution in [2.45, 2.75) is 19.3 Å². The number of aryl methyl sites for hydroxylation is 1. The zero-order valence-electron chi connectivity index (χ0n) is 12.6. The summed E-state index contributed by atoms with van der Waals surface area (Å²) < 4.78 is 10.8. The number of hydrogen-bond acceptors (Lipinski definition) is 3. The Kier molecular flexibility index (Phi) is 4.00. The van der Waals surface area contributed by atoms with Crippen LogP contribution in [-0.4, -0.2) is 20.8 Å². The smallest absolute Gasteiger partial charge is 0.126 e. The van der Waals surface area contributed by atoms with Crippen LogP contribution in [0.4, 0.5) is 5.69 Å². The fourth-order valence-electron chi connectivity index (χ4n) is 2.93. The number of benzene rings is 2. The lowest BCUT2D eigenvalue weighted by atomic mass is 9.95. The van der Waals surface area contributed by atoms with Crippen LogP contribution >= 0.6 is 0 Å². The van der Waals surface area contributed by atoms with Gasteiger partial charge in [-0.15, -0.1) is 0 Å². The molecular weight excluding hydrogens is 262 g/mol. The number of rotatable bonds is 4. The molecule has 110 valence electrons. The summed E-state index contributed by atoms with van der Waals surface area (Å²) in [6.07, 6.45) is 3.24. The highest BCUT2D eigenvalue weighted by molar-refractivity contribution is 5.61. The lowest BCUT2D eigenvalue weighted by Gasteiger charge is -2.21. The molecule has 2 aromatic carbocycles. The average molecular weight is 283 g/mol. The lowest BCUT2D eigenvalue weighted by molar-refractivity contribution is 0.391. The van der Waals surface area contributed by atoms with Gasteiger partial charge < -0.3 is 14.8 Å². The molecule has 0 bridgehead atoms. The first-order valence-corrected chi connectivity index (χ1v) is 7.37. The molecule has 3 rings (SSSR count). The van der Waals surface area contributed by atoms with E-state index in [1.807, 2.05) is 12.1 Å². The second kappa shape index (κ2) is 6.08. The predicted octanol–water partition coefficient (Wildman–Crippen LogP) is 3.65. The van der Waals surface area contributed by atoms with Crippen molar-refractivity contribution in [3.63, 3.8) is 0 Å². The number of para-hydroxylation sites is 1. The van der Waals surface area contributed by atoms with Crippen molar-refractivity contribution in [1.29, 1.82) is 0 Å². The highest BCUT2D eigenvalue weighted by Crippen LogP contribution is 2.31. The molecule has 0 saturated carbocycles. The molecule has 0 aliphatic carbocycles. The van der Waals surface area contributed by atoms with Gasteiger partial charge in [-0.1, -0.05) is 24.3 Å². The molecule has 1 aliphatic rings. The van der Waals surface area contributed by atoms with Gasteiger partial charge in [0.1, 0.15) is 11.5 Å². The monoisotopic (exact) mass is 283 g/mol. The fraction of sp³-hybridized carbons (Fsp3) is 0.333. The van der Waals surface area contributed by atoms with Crippen LogP contribution in [0.3, 0.4) is 0 Å². The van der Waals surface area contributed by atoms with E-state index in [0.717, 1.165) is 30.9 Å². The molecule has 1 aliphatic heterocycles. The molecule has 3 nitrogen and oxygen atoms in total. The van der Waals surface area contributed by atoms with E-state index in [9.17, 15) is 0 Å². The van der Waals surface area contributed by atoms with Gasteiger partial charge in [-0.2, -0.15) is 0 Å². The van der Waals surface area contributed by atoms with Crippen molar-refractivity contribution in [3.8, 4) is 11.5 Å². The molecule has 21 heavy (non-hydrogen) atoms. The highest BCUT2D eigenvalue weighted by atomic mass is 16.5. The van der Waals surface area contributed by atoms with E-state index in [1.54, 1.807) is 14.2 Å². The first-order valence-electron chi connectivity index (χ1n) is 7.37. The minimum absolute atomic E-state index is 0.823. The van der Waals surface area contributed by atoms with Gasteiger partial charge in [-0.3, -0.25) is 0 Å². The zero-order valence-corrected chi connectivity index (χ0v) is 12.6. The number of ether oxygens (including phenoxy) is 2. The third kappa shape index (κ3) is 2.82. The van der Waals surface area contributed by atoms with E-state index in [4.69, 9.17) is 9.47 Å². The molecule has 1 N–H and O–H groups in total. The van der Waals surface area contributed by atoms with Gasteiger partial charge in [0.2, 0.25) is 0 Å². The highest BCUT2D eigenvalue weighted by Gasteiger charge is 2.14. The summed E-state index contributed by atoms with van der Waals surface area (Å²) in [4.78, 5) is 0. The van der Waals surface area contributed by atoms with E-state index >= 15 is 0 Å². The molecule has 0 atom stereocenters. The number of hydrogen-bond donors (Lipinski definition) is 1. The Bertz CT molecular complexity index is 637. The second-order valence-corrected chi connectivity index (χ2v) is 5.34. The van der Waals surface area contributed by atoms with Crippen LogP contribution < -0.4 is 14.8 Å². The van der Waals surface area contributed by atoms with Crippen LogP contribution in [0.5, 0.6) is 11.5 Å². The van der Waals surface area contributed by atoms with Crippen LogP contribution in [0.2, 0.25) is 0 Å². The van der Waals surface area contributed by atoms with E-state index < -0.39 is 0 Å². The minimum Gasteiger partial charge on any atom is -0.497 e. The van der Waals surface area contributed by atoms with Crippen LogP contribution in [-0.2, 0) is 12.8 Å². The molecular formula is C18H21NO2. The predicted molar refractivity (Wildman–Crippen MR) is 85.6 cm³/mol. The third-order valence-corrected chi connectivity index (χ3v) is 4.04. The van der Waals surface area contributed by atoms with E-state index in [-0.39, 0.29) is 0 Å². The van der Waals surface area contributed by atoms with E-state index in [0.29, 0.717) is 0 Å². The van der Waals surface area contributed by atoms with Gasteiger partial charge >= 0.3 is 0 Å². The van der Waals surface area contributed by atoms with Crippen molar-refractivity contribution in [2.75, 3.05) is 26.1 Å². The van der Waals surface area contributed by atoms with Gasteiger partial charge in [0.05, 0.1) is 14.2 Å². The maximum Gasteiger partial charge on any atom is 0.126 e. The average Bonchev–Trinajstić information content (AvgIpc) is 2.55. The summed E-state index contributed by atoms with van der Waals surface area (Å²) in [5.74, 6) is 1.70. The summed E-state index contributed by atoms with van der Waals surface area (Å²) in [6, 6.07) is 12.6. The number of anilines is 1. The molecule has 0 saturated heterocycles. The summed E-state index contributed by atoms with van der Waals surface area (Å²) in [6.45, 7) is 1.06. The van der Waals surface area contributed by atoms with Gasteiger partial charge in [-0.05, 0) is 35.6 Å². The Morgan fingerprint density at radius 3 is 2.76 bits per heavy atom. The molecule has 0 fully saturated rings. The summed E-state index contributed by atoms with van der Waals surface area (Å²) in [5.41, 5.74) is 5.24. The van der Waals surface area contributed by atoms with Gasteiger partial charge in [0.15, 0.2) is 0 Å². The quantitative estimate of drug-likeness (QED) is 0.929. The Balaban J connectivity index is 1.93. The van der Waals surface area contributed by atoms with Crippen molar-refractivity contribution in [2.24, 2.45) is 0 Å². The maximum absolute atomic E-state index is 5.50. The molecule has 0 radical (unpaired) electrons. The Morgan fingerprint density at radius 2 is 1.95 bits per heavy atom. The van der Waals surface area contributed by atoms with Gasteiger partial charge in [0.25, 0.3) is 0 Å². The van der Waals surface area contributed by atoms with Gasteiger partial charge in [-0.25, -0.2) is 0 Å². The summed E-state index contributed by atoms with van der Waals surface area (Å²) in [5, 5.41) is 3.55. The second-order valence-electron chi connectivity index (χ2n) is 5.34. The Hall–Kier alpha value is -2.16. The normalized spacial score (nSPS) is 13.2. The Morgan fingerprint density at radius 1 is 1.05 bits per heavy atom. The SMILES string of the molecule is COc1ccc(Cc2cccc3c2NCCC3)c(OC)c1. The van der Waals surface area contributed by atoms with Crippen molar-refractivity contribution < 1.29 is 9.47 Å². The van der Waals surface area contributed by atoms with Crippen molar-refractivity contribution in [3.05, 3.63) is 53.1 Å². The molecule has 0 aromatic heterocycles. The fourth-order valence-corrected chi connectivity index (χ4v) is 2.93. The zero-order chi connectivity index (χ0) is 14.7. The number of nitrogens with one attached hydrogen (secondary N) is 1. The van der Waals surface area contributed by atoms with Crippen LogP contribution in [0.25, 0.3) is 0 Å². The van der Waals surface area contributed by atoms with Crippen molar-refractivity contribution in [1.82, 2.24) is 0 Å². The maximum atomic E-state index is 5.50. The molecule has 0 amide bonds. The molecule has 0 spiro atoms. The largest absolute Gasteiger partial charge is 0.497 e. The van der Waals surface area contributed by atoms with Crippen LogP contribution in [0.1, 0.15) is 23.1 Å². The first-order chi connectivity index (χ1) is 10.3. The molecule has 3 heteroatoms. The minimum atomic E-state index is 0.823.